The minimum Gasteiger partial charge on any atom is -0.391 e. The number of fused-ring (bicyclic) bond motifs is 1. The molecule has 0 radical (unpaired) electrons. The maximum absolute atomic E-state index is 11.9. The molecule has 0 aliphatic carbocycles. The smallest absolute Gasteiger partial charge is 0.313 e. The maximum atomic E-state index is 11.9. The van der Waals surface area contributed by atoms with E-state index in [1.807, 2.05) is 42.5 Å². The van der Waals surface area contributed by atoms with Crippen molar-refractivity contribution < 1.29 is 14.7 Å². The summed E-state index contributed by atoms with van der Waals surface area (Å²) >= 11 is 0. The molecule has 3 aromatic rings. The molecule has 2 aromatic carbocycles. The predicted octanol–water partition coefficient (Wildman–Crippen LogP) is 1.83. The summed E-state index contributed by atoms with van der Waals surface area (Å²) in [7, 11) is 0. The number of aromatic nitrogens is 1. The highest BCUT2D eigenvalue weighted by Gasteiger charge is 2.15. The van der Waals surface area contributed by atoms with Gasteiger partial charge in [0.15, 0.2) is 0 Å². The second-order valence-corrected chi connectivity index (χ2v) is 5.79. The van der Waals surface area contributed by atoms with Crippen LogP contribution in [-0.2, 0) is 16.0 Å². The van der Waals surface area contributed by atoms with Crippen LogP contribution in [0.25, 0.3) is 10.9 Å². The lowest BCUT2D eigenvalue weighted by Gasteiger charge is -2.12. The molecule has 6 heteroatoms. The molecule has 128 valence electrons. The molecule has 2 amide bonds. The summed E-state index contributed by atoms with van der Waals surface area (Å²) in [4.78, 5) is 26.9. The fraction of sp³-hybridized carbons (Fsp3) is 0.158. The number of hydrogen-bond acceptors (Lipinski definition) is 3. The highest BCUT2D eigenvalue weighted by Crippen LogP contribution is 2.17. The van der Waals surface area contributed by atoms with Crippen molar-refractivity contribution in [2.24, 2.45) is 0 Å². The molecule has 0 saturated heterocycles. The number of H-pyrrole nitrogens is 1. The monoisotopic (exact) mass is 337 g/mol. The minimum absolute atomic E-state index is 0.0119. The first-order valence-electron chi connectivity index (χ1n) is 8.00. The van der Waals surface area contributed by atoms with Gasteiger partial charge in [-0.15, -0.1) is 0 Å². The Balaban J connectivity index is 1.49. The van der Waals surface area contributed by atoms with Gasteiger partial charge in [-0.3, -0.25) is 9.59 Å². The second kappa shape index (κ2) is 7.63. The van der Waals surface area contributed by atoms with E-state index >= 15 is 0 Å². The first kappa shape index (κ1) is 16.7. The number of carbonyl (C=O) groups excluding carboxylic acids is 2. The minimum atomic E-state index is -0.777. The molecule has 1 atom stereocenters. The molecule has 6 nitrogen and oxygen atoms in total. The van der Waals surface area contributed by atoms with E-state index in [2.05, 4.69) is 15.6 Å². The molecule has 0 aliphatic heterocycles. The molecule has 1 heterocycles. The lowest BCUT2D eigenvalue weighted by Crippen LogP contribution is -2.40. The predicted molar refractivity (Wildman–Crippen MR) is 96.1 cm³/mol. The van der Waals surface area contributed by atoms with Crippen LogP contribution in [0, 0.1) is 0 Å². The van der Waals surface area contributed by atoms with Crippen LogP contribution >= 0.6 is 0 Å². The number of aromatic amines is 1. The van der Waals surface area contributed by atoms with Crippen molar-refractivity contribution in [1.29, 1.82) is 0 Å². The number of rotatable bonds is 5. The Morgan fingerprint density at radius 2 is 1.84 bits per heavy atom. The number of nitrogens with one attached hydrogen (secondary N) is 3. The van der Waals surface area contributed by atoms with Crippen LogP contribution in [0.3, 0.4) is 0 Å². The number of benzene rings is 2. The van der Waals surface area contributed by atoms with Gasteiger partial charge >= 0.3 is 11.8 Å². The first-order valence-corrected chi connectivity index (χ1v) is 8.00. The third kappa shape index (κ3) is 4.45. The Kier molecular flexibility index (Phi) is 5.11. The molecule has 0 saturated carbocycles. The zero-order chi connectivity index (χ0) is 17.6. The lowest BCUT2D eigenvalue weighted by molar-refractivity contribution is -0.136. The quantitative estimate of drug-likeness (QED) is 0.535. The SMILES string of the molecule is O=C(NCC(O)Cc1ccccc1)C(=O)Nc1ccc2[nH]ccc2c1. The van der Waals surface area contributed by atoms with E-state index < -0.39 is 17.9 Å². The molecule has 3 rings (SSSR count). The largest absolute Gasteiger partial charge is 0.391 e. The average molecular weight is 337 g/mol. The van der Waals surface area contributed by atoms with E-state index in [-0.39, 0.29) is 6.54 Å². The van der Waals surface area contributed by atoms with Crippen molar-refractivity contribution in [3.8, 4) is 0 Å². The zero-order valence-electron chi connectivity index (χ0n) is 13.5. The fourth-order valence-corrected chi connectivity index (χ4v) is 2.57. The van der Waals surface area contributed by atoms with Crippen LogP contribution in [0.2, 0.25) is 0 Å². The Morgan fingerprint density at radius 1 is 1.04 bits per heavy atom. The third-order valence-electron chi connectivity index (χ3n) is 3.83. The van der Waals surface area contributed by atoms with E-state index in [1.54, 1.807) is 18.3 Å². The zero-order valence-corrected chi connectivity index (χ0v) is 13.5. The van der Waals surface area contributed by atoms with Crippen molar-refractivity contribution >= 4 is 28.4 Å². The summed E-state index contributed by atoms with van der Waals surface area (Å²) in [5.41, 5.74) is 2.46. The van der Waals surface area contributed by atoms with Crippen molar-refractivity contribution in [2.75, 3.05) is 11.9 Å². The number of hydrogen-bond donors (Lipinski definition) is 4. The number of aliphatic hydroxyl groups excluding tert-OH is 1. The van der Waals surface area contributed by atoms with Gasteiger partial charge in [0.25, 0.3) is 0 Å². The van der Waals surface area contributed by atoms with Gasteiger partial charge < -0.3 is 20.7 Å². The normalized spacial score (nSPS) is 11.9. The molecule has 0 aliphatic rings. The fourth-order valence-electron chi connectivity index (χ4n) is 2.57. The molecule has 0 bridgehead atoms. The highest BCUT2D eigenvalue weighted by atomic mass is 16.3. The number of anilines is 1. The van der Waals surface area contributed by atoms with Crippen LogP contribution < -0.4 is 10.6 Å². The van der Waals surface area contributed by atoms with Gasteiger partial charge in [-0.05, 0) is 29.8 Å². The summed E-state index contributed by atoms with van der Waals surface area (Å²) < 4.78 is 0. The van der Waals surface area contributed by atoms with Crippen LogP contribution in [0.1, 0.15) is 5.56 Å². The van der Waals surface area contributed by atoms with Crippen molar-refractivity contribution in [2.45, 2.75) is 12.5 Å². The van der Waals surface area contributed by atoms with E-state index in [9.17, 15) is 14.7 Å². The van der Waals surface area contributed by atoms with Gasteiger partial charge in [0.1, 0.15) is 0 Å². The van der Waals surface area contributed by atoms with Gasteiger partial charge in [-0.25, -0.2) is 0 Å². The average Bonchev–Trinajstić information content (AvgIpc) is 3.08. The maximum Gasteiger partial charge on any atom is 0.313 e. The van der Waals surface area contributed by atoms with Gasteiger partial charge in [0.05, 0.1) is 6.10 Å². The first-order chi connectivity index (χ1) is 12.1. The summed E-state index contributed by atoms with van der Waals surface area (Å²) in [5.74, 6) is -1.54. The molecule has 0 fully saturated rings. The number of aliphatic hydroxyl groups is 1. The van der Waals surface area contributed by atoms with E-state index in [4.69, 9.17) is 0 Å². The Bertz CT molecular complexity index is 874. The summed E-state index contributed by atoms with van der Waals surface area (Å²) in [6, 6.07) is 16.7. The Hall–Kier alpha value is -3.12. The molecule has 1 aromatic heterocycles. The Labute approximate surface area is 144 Å². The third-order valence-corrected chi connectivity index (χ3v) is 3.83. The topological polar surface area (TPSA) is 94.2 Å². The van der Waals surface area contributed by atoms with E-state index in [0.29, 0.717) is 12.1 Å². The lowest BCUT2D eigenvalue weighted by atomic mass is 10.1. The van der Waals surface area contributed by atoms with Crippen LogP contribution in [0.4, 0.5) is 5.69 Å². The van der Waals surface area contributed by atoms with Gasteiger partial charge in [-0.1, -0.05) is 30.3 Å². The second-order valence-electron chi connectivity index (χ2n) is 5.79. The summed E-state index contributed by atoms with van der Waals surface area (Å²) in [6.45, 7) is 0.0119. The summed E-state index contributed by atoms with van der Waals surface area (Å²) in [5, 5.41) is 15.9. The highest BCUT2D eigenvalue weighted by molar-refractivity contribution is 6.39. The molecule has 0 spiro atoms. The number of amides is 2. The molecular weight excluding hydrogens is 318 g/mol. The Morgan fingerprint density at radius 3 is 2.64 bits per heavy atom. The summed E-state index contributed by atoms with van der Waals surface area (Å²) in [6.07, 6.45) is 1.46. The molecule has 25 heavy (non-hydrogen) atoms. The molecular formula is C19H19N3O3. The van der Waals surface area contributed by atoms with Crippen LogP contribution in [0.15, 0.2) is 60.8 Å². The van der Waals surface area contributed by atoms with Crippen LogP contribution in [0.5, 0.6) is 0 Å². The van der Waals surface area contributed by atoms with Gasteiger partial charge in [-0.2, -0.15) is 0 Å². The van der Waals surface area contributed by atoms with Crippen LogP contribution in [-0.4, -0.2) is 34.6 Å². The van der Waals surface area contributed by atoms with E-state index in [0.717, 1.165) is 16.5 Å². The molecule has 4 N–H and O–H groups in total. The standard InChI is InChI=1S/C19H19N3O3/c23-16(10-13-4-2-1-3-5-13)12-21-18(24)19(25)22-15-6-7-17-14(11-15)8-9-20-17/h1-9,11,16,20,23H,10,12H2,(H,21,24)(H,22,25). The number of carbonyl (C=O) groups is 2. The molecule has 1 unspecified atom stereocenters. The van der Waals surface area contributed by atoms with Crippen molar-refractivity contribution in [3.05, 3.63) is 66.4 Å². The van der Waals surface area contributed by atoms with E-state index in [1.165, 1.54) is 0 Å². The van der Waals surface area contributed by atoms with Gasteiger partial charge in [0.2, 0.25) is 0 Å². The van der Waals surface area contributed by atoms with Crippen molar-refractivity contribution in [1.82, 2.24) is 10.3 Å². The van der Waals surface area contributed by atoms with Crippen molar-refractivity contribution in [3.63, 3.8) is 0 Å². The van der Waals surface area contributed by atoms with Gasteiger partial charge in [0, 0.05) is 35.8 Å².